The normalized spacial score (nSPS) is 15.1. The molecule has 1 saturated carbocycles. The molecule has 4 heteroatoms. The minimum Gasteiger partial charge on any atom is -0.492 e. The highest BCUT2D eigenvalue weighted by atomic mass is 16.5. The molecule has 0 aromatic heterocycles. The molecule has 0 radical (unpaired) electrons. The van der Waals surface area contributed by atoms with E-state index in [1.54, 1.807) is 0 Å². The number of benzene rings is 1. The molecule has 2 rings (SSSR count). The first-order valence-corrected chi connectivity index (χ1v) is 7.96. The molecular formula is C17H27N3O. The van der Waals surface area contributed by atoms with E-state index in [4.69, 9.17) is 4.74 Å². The van der Waals surface area contributed by atoms with Crippen molar-refractivity contribution in [2.45, 2.75) is 45.6 Å². The van der Waals surface area contributed by atoms with Gasteiger partial charge in [0.2, 0.25) is 0 Å². The second kappa shape index (κ2) is 7.91. The van der Waals surface area contributed by atoms with Crippen molar-refractivity contribution < 1.29 is 4.74 Å². The van der Waals surface area contributed by atoms with E-state index in [1.165, 1.54) is 18.4 Å². The Hall–Kier alpha value is -1.71. The van der Waals surface area contributed by atoms with Crippen LogP contribution in [-0.2, 0) is 0 Å². The number of nitrogens with one attached hydrogen (secondary N) is 2. The Morgan fingerprint density at radius 3 is 2.57 bits per heavy atom. The summed E-state index contributed by atoms with van der Waals surface area (Å²) >= 11 is 0. The standard InChI is InChI=1S/C17H27N3O/c1-4-18-17(20-15-7-8-15)19-11-12-21-16-9-5-14(6-10-16)13(2)3/h5-6,9-10,13,15H,4,7-8,11-12H2,1-3H3,(H2,18,19,20). The van der Waals surface area contributed by atoms with Gasteiger partial charge in [-0.05, 0) is 43.4 Å². The Morgan fingerprint density at radius 1 is 1.29 bits per heavy atom. The minimum atomic E-state index is 0.555. The molecule has 2 N–H and O–H groups in total. The molecule has 1 aliphatic carbocycles. The zero-order valence-electron chi connectivity index (χ0n) is 13.4. The van der Waals surface area contributed by atoms with Gasteiger partial charge in [0.25, 0.3) is 0 Å². The number of aliphatic imine (C=N–C) groups is 1. The Bertz CT molecular complexity index is 450. The number of rotatable bonds is 7. The summed E-state index contributed by atoms with van der Waals surface area (Å²) in [7, 11) is 0. The number of hydrogen-bond donors (Lipinski definition) is 2. The highest BCUT2D eigenvalue weighted by Gasteiger charge is 2.21. The van der Waals surface area contributed by atoms with Crippen LogP contribution < -0.4 is 15.4 Å². The summed E-state index contributed by atoms with van der Waals surface area (Å²) in [5, 5.41) is 6.65. The first-order chi connectivity index (χ1) is 10.2. The van der Waals surface area contributed by atoms with E-state index < -0.39 is 0 Å². The second-order valence-electron chi connectivity index (χ2n) is 5.75. The molecule has 0 saturated heterocycles. The van der Waals surface area contributed by atoms with E-state index in [0.29, 0.717) is 25.1 Å². The number of nitrogens with zero attached hydrogens (tertiary/aromatic N) is 1. The minimum absolute atomic E-state index is 0.555. The molecular weight excluding hydrogens is 262 g/mol. The topological polar surface area (TPSA) is 45.7 Å². The molecule has 116 valence electrons. The van der Waals surface area contributed by atoms with E-state index in [-0.39, 0.29) is 0 Å². The third kappa shape index (κ3) is 5.66. The largest absolute Gasteiger partial charge is 0.492 e. The van der Waals surface area contributed by atoms with Crippen LogP contribution >= 0.6 is 0 Å². The van der Waals surface area contributed by atoms with Crippen molar-refractivity contribution in [2.75, 3.05) is 19.7 Å². The summed E-state index contributed by atoms with van der Waals surface area (Å²) in [5.74, 6) is 2.37. The third-order valence-electron chi connectivity index (χ3n) is 3.44. The van der Waals surface area contributed by atoms with Gasteiger partial charge in [-0.25, -0.2) is 4.99 Å². The van der Waals surface area contributed by atoms with Crippen LogP contribution in [0.25, 0.3) is 0 Å². The number of ether oxygens (including phenoxy) is 1. The molecule has 1 fully saturated rings. The molecule has 0 heterocycles. The number of guanidine groups is 1. The van der Waals surface area contributed by atoms with Gasteiger partial charge in [-0.2, -0.15) is 0 Å². The highest BCUT2D eigenvalue weighted by molar-refractivity contribution is 5.80. The van der Waals surface area contributed by atoms with Crippen LogP contribution in [-0.4, -0.2) is 31.7 Å². The van der Waals surface area contributed by atoms with Gasteiger partial charge in [0.1, 0.15) is 12.4 Å². The molecule has 0 unspecified atom stereocenters. The van der Waals surface area contributed by atoms with E-state index in [9.17, 15) is 0 Å². The van der Waals surface area contributed by atoms with Crippen LogP contribution in [0.15, 0.2) is 29.3 Å². The fourth-order valence-electron chi connectivity index (χ4n) is 2.01. The lowest BCUT2D eigenvalue weighted by Gasteiger charge is -2.11. The molecule has 21 heavy (non-hydrogen) atoms. The van der Waals surface area contributed by atoms with Gasteiger partial charge in [-0.15, -0.1) is 0 Å². The maximum Gasteiger partial charge on any atom is 0.191 e. The van der Waals surface area contributed by atoms with Crippen molar-refractivity contribution in [1.29, 1.82) is 0 Å². The lowest BCUT2D eigenvalue weighted by Crippen LogP contribution is -2.38. The SMILES string of the molecule is CCNC(=NCCOc1ccc(C(C)C)cc1)NC1CC1. The maximum absolute atomic E-state index is 5.73. The van der Waals surface area contributed by atoms with Crippen LogP contribution in [0.4, 0.5) is 0 Å². The summed E-state index contributed by atoms with van der Waals surface area (Å²) in [4.78, 5) is 4.52. The molecule has 0 spiro atoms. The number of hydrogen-bond acceptors (Lipinski definition) is 2. The lowest BCUT2D eigenvalue weighted by atomic mass is 10.0. The monoisotopic (exact) mass is 289 g/mol. The van der Waals surface area contributed by atoms with E-state index in [1.807, 2.05) is 12.1 Å². The molecule has 0 atom stereocenters. The highest BCUT2D eigenvalue weighted by Crippen LogP contribution is 2.19. The smallest absolute Gasteiger partial charge is 0.191 e. The van der Waals surface area contributed by atoms with Crippen molar-refractivity contribution in [2.24, 2.45) is 4.99 Å². The zero-order chi connectivity index (χ0) is 15.1. The second-order valence-corrected chi connectivity index (χ2v) is 5.75. The van der Waals surface area contributed by atoms with Gasteiger partial charge in [-0.1, -0.05) is 26.0 Å². The lowest BCUT2D eigenvalue weighted by molar-refractivity contribution is 0.328. The molecule has 4 nitrogen and oxygen atoms in total. The fraction of sp³-hybridized carbons (Fsp3) is 0.588. The van der Waals surface area contributed by atoms with Gasteiger partial charge < -0.3 is 15.4 Å². The zero-order valence-corrected chi connectivity index (χ0v) is 13.4. The average Bonchev–Trinajstić information content (AvgIpc) is 3.28. The first-order valence-electron chi connectivity index (χ1n) is 7.96. The predicted octanol–water partition coefficient (Wildman–Crippen LogP) is 2.91. The summed E-state index contributed by atoms with van der Waals surface area (Å²) in [6.45, 7) is 8.61. The van der Waals surface area contributed by atoms with E-state index >= 15 is 0 Å². The molecule has 1 aliphatic rings. The van der Waals surface area contributed by atoms with Crippen LogP contribution in [0.1, 0.15) is 45.1 Å². The van der Waals surface area contributed by atoms with Gasteiger partial charge in [0, 0.05) is 12.6 Å². The van der Waals surface area contributed by atoms with Crippen molar-refractivity contribution in [1.82, 2.24) is 10.6 Å². The quantitative estimate of drug-likeness (QED) is 0.461. The maximum atomic E-state index is 5.73. The Kier molecular flexibility index (Phi) is 5.90. The Balaban J connectivity index is 1.74. The fourth-order valence-corrected chi connectivity index (χ4v) is 2.01. The van der Waals surface area contributed by atoms with Crippen molar-refractivity contribution >= 4 is 5.96 Å². The summed E-state index contributed by atoms with van der Waals surface area (Å²) in [5.41, 5.74) is 1.34. The van der Waals surface area contributed by atoms with Gasteiger partial charge in [0.05, 0.1) is 6.54 Å². The van der Waals surface area contributed by atoms with Crippen LogP contribution in [0.3, 0.4) is 0 Å². The average molecular weight is 289 g/mol. The van der Waals surface area contributed by atoms with Crippen LogP contribution in [0, 0.1) is 0 Å². The van der Waals surface area contributed by atoms with Crippen LogP contribution in [0.5, 0.6) is 5.75 Å². The summed E-state index contributed by atoms with van der Waals surface area (Å²) in [6, 6.07) is 8.94. The van der Waals surface area contributed by atoms with Crippen molar-refractivity contribution in [3.05, 3.63) is 29.8 Å². The van der Waals surface area contributed by atoms with E-state index in [2.05, 4.69) is 48.5 Å². The predicted molar refractivity (Wildman–Crippen MR) is 88.2 cm³/mol. The Labute approximate surface area is 128 Å². The summed E-state index contributed by atoms with van der Waals surface area (Å²) in [6.07, 6.45) is 2.51. The molecule has 1 aromatic carbocycles. The first kappa shape index (κ1) is 15.7. The molecule has 1 aromatic rings. The molecule has 0 aliphatic heterocycles. The van der Waals surface area contributed by atoms with Gasteiger partial charge in [0.15, 0.2) is 5.96 Å². The van der Waals surface area contributed by atoms with Gasteiger partial charge in [-0.3, -0.25) is 0 Å². The Morgan fingerprint density at radius 2 is 2.00 bits per heavy atom. The van der Waals surface area contributed by atoms with Crippen molar-refractivity contribution in [3.8, 4) is 5.75 Å². The molecule has 0 bridgehead atoms. The third-order valence-corrected chi connectivity index (χ3v) is 3.44. The van der Waals surface area contributed by atoms with Crippen LogP contribution in [0.2, 0.25) is 0 Å². The van der Waals surface area contributed by atoms with E-state index in [0.717, 1.165) is 18.3 Å². The van der Waals surface area contributed by atoms with Gasteiger partial charge >= 0.3 is 0 Å². The van der Waals surface area contributed by atoms with Crippen molar-refractivity contribution in [3.63, 3.8) is 0 Å². The summed E-state index contributed by atoms with van der Waals surface area (Å²) < 4.78 is 5.73. The molecule has 0 amide bonds.